The lowest BCUT2D eigenvalue weighted by Gasteiger charge is -2.28. The van der Waals surface area contributed by atoms with E-state index < -0.39 is 11.7 Å². The molecular weight excluding hydrogens is 253 g/mol. The summed E-state index contributed by atoms with van der Waals surface area (Å²) >= 11 is 0. The third-order valence-electron chi connectivity index (χ3n) is 3.75. The van der Waals surface area contributed by atoms with Gasteiger partial charge >= 0.3 is 6.18 Å². The third-order valence-corrected chi connectivity index (χ3v) is 3.75. The van der Waals surface area contributed by atoms with Crippen molar-refractivity contribution in [3.8, 4) is 0 Å². The maximum atomic E-state index is 12.8. The molecule has 2 rings (SSSR count). The number of nitrogen functional groups attached to an aromatic ring is 1. The fourth-order valence-corrected chi connectivity index (χ4v) is 2.53. The minimum atomic E-state index is -4.40. The number of alkyl halides is 3. The molecule has 5 heteroatoms. The highest BCUT2D eigenvalue weighted by Gasteiger charge is 2.33. The van der Waals surface area contributed by atoms with Crippen LogP contribution < -0.4 is 11.1 Å². The first kappa shape index (κ1) is 14.0. The van der Waals surface area contributed by atoms with Crippen LogP contribution in [-0.4, -0.2) is 6.04 Å². The van der Waals surface area contributed by atoms with Gasteiger partial charge in [0.2, 0.25) is 0 Å². The van der Waals surface area contributed by atoms with Gasteiger partial charge in [-0.2, -0.15) is 13.2 Å². The summed E-state index contributed by atoms with van der Waals surface area (Å²) in [6.45, 7) is 2.21. The number of benzene rings is 1. The van der Waals surface area contributed by atoms with Crippen LogP contribution in [0, 0.1) is 5.92 Å². The average Bonchev–Trinajstić information content (AvgIpc) is 2.33. The second kappa shape index (κ2) is 5.31. The highest BCUT2D eigenvalue weighted by atomic mass is 19.4. The molecule has 0 atom stereocenters. The van der Waals surface area contributed by atoms with Gasteiger partial charge in [0.15, 0.2) is 0 Å². The lowest BCUT2D eigenvalue weighted by atomic mass is 9.87. The number of nitrogens with two attached hydrogens (primary N) is 1. The number of halogens is 3. The zero-order valence-electron chi connectivity index (χ0n) is 10.9. The van der Waals surface area contributed by atoms with Crippen LogP contribution in [0.3, 0.4) is 0 Å². The standard InChI is InChI=1S/C14H19F3N2/c1-9-2-4-10(5-3-9)19-11-6-7-13(18)12(8-11)14(15,16)17/h6-10,19H,2-5,18H2,1H3. The van der Waals surface area contributed by atoms with E-state index in [9.17, 15) is 13.2 Å². The maximum Gasteiger partial charge on any atom is 0.418 e. The van der Waals surface area contributed by atoms with Crippen LogP contribution in [0.4, 0.5) is 24.5 Å². The molecule has 1 fully saturated rings. The SMILES string of the molecule is CC1CCC(Nc2ccc(N)c(C(F)(F)F)c2)CC1. The summed E-state index contributed by atoms with van der Waals surface area (Å²) in [6.07, 6.45) is -0.139. The minimum absolute atomic E-state index is 0.227. The molecule has 0 unspecified atom stereocenters. The van der Waals surface area contributed by atoms with E-state index in [1.165, 1.54) is 6.07 Å². The molecule has 0 amide bonds. The van der Waals surface area contributed by atoms with Gasteiger partial charge in [0.1, 0.15) is 0 Å². The van der Waals surface area contributed by atoms with Crippen LogP contribution in [0.1, 0.15) is 38.2 Å². The van der Waals surface area contributed by atoms with E-state index in [2.05, 4.69) is 12.2 Å². The van der Waals surface area contributed by atoms with E-state index >= 15 is 0 Å². The van der Waals surface area contributed by atoms with Gasteiger partial charge in [-0.1, -0.05) is 6.92 Å². The highest BCUT2D eigenvalue weighted by molar-refractivity contribution is 5.58. The molecule has 0 radical (unpaired) electrons. The van der Waals surface area contributed by atoms with Crippen LogP contribution >= 0.6 is 0 Å². The Morgan fingerprint density at radius 3 is 2.37 bits per heavy atom. The Hall–Kier alpha value is -1.39. The van der Waals surface area contributed by atoms with Crippen LogP contribution in [0.5, 0.6) is 0 Å². The Labute approximate surface area is 111 Å². The molecule has 2 nitrogen and oxygen atoms in total. The molecule has 1 aromatic rings. The van der Waals surface area contributed by atoms with E-state index in [4.69, 9.17) is 5.73 Å². The fraction of sp³-hybridized carbons (Fsp3) is 0.571. The number of rotatable bonds is 2. The van der Waals surface area contributed by atoms with Crippen molar-refractivity contribution in [1.82, 2.24) is 0 Å². The first-order valence-corrected chi connectivity index (χ1v) is 6.59. The van der Waals surface area contributed by atoms with Gasteiger partial charge in [-0.3, -0.25) is 0 Å². The van der Waals surface area contributed by atoms with Crippen molar-refractivity contribution in [3.63, 3.8) is 0 Å². The summed E-state index contributed by atoms with van der Waals surface area (Å²) in [5, 5.41) is 3.19. The Kier molecular flexibility index (Phi) is 3.92. The number of hydrogen-bond donors (Lipinski definition) is 2. The van der Waals surface area contributed by atoms with Crippen molar-refractivity contribution in [2.75, 3.05) is 11.1 Å². The Morgan fingerprint density at radius 2 is 1.79 bits per heavy atom. The van der Waals surface area contributed by atoms with Crippen LogP contribution in [0.25, 0.3) is 0 Å². The van der Waals surface area contributed by atoms with E-state index in [0.29, 0.717) is 5.69 Å². The quantitative estimate of drug-likeness (QED) is 0.789. The smallest absolute Gasteiger partial charge is 0.398 e. The van der Waals surface area contributed by atoms with Gasteiger partial charge in [-0.05, 0) is 49.8 Å². The zero-order valence-corrected chi connectivity index (χ0v) is 10.9. The lowest BCUT2D eigenvalue weighted by molar-refractivity contribution is -0.136. The van der Waals surface area contributed by atoms with Gasteiger partial charge in [0, 0.05) is 17.4 Å². The van der Waals surface area contributed by atoms with E-state index in [1.54, 1.807) is 6.07 Å². The van der Waals surface area contributed by atoms with Crippen LogP contribution in [0.15, 0.2) is 18.2 Å². The van der Waals surface area contributed by atoms with Crippen LogP contribution in [0.2, 0.25) is 0 Å². The maximum absolute atomic E-state index is 12.8. The Balaban J connectivity index is 2.09. The number of anilines is 2. The average molecular weight is 272 g/mol. The largest absolute Gasteiger partial charge is 0.418 e. The van der Waals surface area contributed by atoms with Crippen molar-refractivity contribution >= 4 is 11.4 Å². The molecule has 0 spiro atoms. The van der Waals surface area contributed by atoms with Gasteiger partial charge in [-0.15, -0.1) is 0 Å². The monoisotopic (exact) mass is 272 g/mol. The van der Waals surface area contributed by atoms with Crippen molar-refractivity contribution in [3.05, 3.63) is 23.8 Å². The summed E-state index contributed by atoms with van der Waals surface area (Å²) in [6, 6.07) is 4.30. The topological polar surface area (TPSA) is 38.0 Å². The Morgan fingerprint density at radius 1 is 1.16 bits per heavy atom. The van der Waals surface area contributed by atoms with Crippen molar-refractivity contribution < 1.29 is 13.2 Å². The van der Waals surface area contributed by atoms with Crippen molar-refractivity contribution in [1.29, 1.82) is 0 Å². The van der Waals surface area contributed by atoms with Crippen LogP contribution in [-0.2, 0) is 6.18 Å². The molecule has 0 aliphatic heterocycles. The predicted octanol–water partition coefficient (Wildman–Crippen LogP) is 4.28. The van der Waals surface area contributed by atoms with Gasteiger partial charge in [0.05, 0.1) is 5.56 Å². The summed E-state index contributed by atoms with van der Waals surface area (Å²) in [4.78, 5) is 0. The van der Waals surface area contributed by atoms with Gasteiger partial charge in [0.25, 0.3) is 0 Å². The minimum Gasteiger partial charge on any atom is -0.398 e. The van der Waals surface area contributed by atoms with E-state index in [-0.39, 0.29) is 11.7 Å². The van der Waals surface area contributed by atoms with Crippen molar-refractivity contribution in [2.45, 2.75) is 44.8 Å². The summed E-state index contributed by atoms with van der Waals surface area (Å²) in [7, 11) is 0. The lowest BCUT2D eigenvalue weighted by Crippen LogP contribution is -2.25. The highest BCUT2D eigenvalue weighted by Crippen LogP contribution is 2.35. The molecular formula is C14H19F3N2. The molecule has 0 aromatic heterocycles. The summed E-state index contributed by atoms with van der Waals surface area (Å²) in [5.74, 6) is 0.718. The van der Waals surface area contributed by atoms with E-state index in [0.717, 1.165) is 37.7 Å². The molecule has 106 valence electrons. The van der Waals surface area contributed by atoms with Crippen molar-refractivity contribution in [2.24, 2.45) is 5.92 Å². The molecule has 0 bridgehead atoms. The van der Waals surface area contributed by atoms with Gasteiger partial charge < -0.3 is 11.1 Å². The normalized spacial score (nSPS) is 24.2. The second-order valence-corrected chi connectivity index (χ2v) is 5.40. The van der Waals surface area contributed by atoms with E-state index in [1.807, 2.05) is 0 Å². The number of nitrogens with one attached hydrogen (secondary N) is 1. The molecule has 1 aromatic carbocycles. The molecule has 3 N–H and O–H groups in total. The molecule has 1 saturated carbocycles. The molecule has 1 aliphatic rings. The molecule has 1 aliphatic carbocycles. The Bertz CT molecular complexity index is 435. The number of hydrogen-bond acceptors (Lipinski definition) is 2. The summed E-state index contributed by atoms with van der Waals surface area (Å²) in [5.41, 5.74) is 4.89. The first-order chi connectivity index (χ1) is 8.86. The summed E-state index contributed by atoms with van der Waals surface area (Å²) < 4.78 is 38.3. The first-order valence-electron chi connectivity index (χ1n) is 6.59. The molecule has 19 heavy (non-hydrogen) atoms. The fourth-order valence-electron chi connectivity index (χ4n) is 2.53. The molecule has 0 heterocycles. The third kappa shape index (κ3) is 3.55. The predicted molar refractivity (Wildman–Crippen MR) is 70.9 cm³/mol. The second-order valence-electron chi connectivity index (χ2n) is 5.40. The van der Waals surface area contributed by atoms with Gasteiger partial charge in [-0.25, -0.2) is 0 Å². The molecule has 0 saturated heterocycles. The zero-order chi connectivity index (χ0) is 14.0.